The first-order chi connectivity index (χ1) is 8.50. The molecule has 4 N–H and O–H groups in total. The van der Waals surface area contributed by atoms with Gasteiger partial charge >= 0.3 is 5.97 Å². The molecule has 0 saturated carbocycles. The van der Waals surface area contributed by atoms with Crippen molar-refractivity contribution in [2.45, 2.75) is 57.7 Å². The van der Waals surface area contributed by atoms with Crippen LogP contribution in [-0.4, -0.2) is 45.9 Å². The molecular formula is C12H23NO5. The Balaban J connectivity index is 3.61. The van der Waals surface area contributed by atoms with E-state index < -0.39 is 24.1 Å². The number of aliphatic hydroxyl groups is 2. The molecule has 0 heterocycles. The predicted octanol–water partition coefficient (Wildman–Crippen LogP) is 0.269. The molecule has 18 heavy (non-hydrogen) atoms. The minimum atomic E-state index is -2.07. The zero-order chi connectivity index (χ0) is 14.0. The number of unbranched alkanes of at least 4 members (excludes halogenated alkanes) is 5. The van der Waals surface area contributed by atoms with Gasteiger partial charge in [0.15, 0.2) is 12.2 Å². The summed E-state index contributed by atoms with van der Waals surface area (Å²) in [6.45, 7) is 2.52. The Kier molecular flexibility index (Phi) is 9.22. The van der Waals surface area contributed by atoms with Gasteiger partial charge in [-0.3, -0.25) is 4.79 Å². The first kappa shape index (κ1) is 16.9. The standard InChI is InChI=1S/C12H23NO5/c1-2-3-4-5-6-7-8-13-11(16)9(14)10(15)12(17)18/h9-10,14-15H,2-8H2,1H3,(H,13,16)(H,17,18)/t9?,10-/m1/s1. The molecule has 0 aliphatic rings. The summed E-state index contributed by atoms with van der Waals surface area (Å²) in [6, 6.07) is 0. The number of carbonyl (C=O) groups excluding carboxylic acids is 1. The Morgan fingerprint density at radius 2 is 1.56 bits per heavy atom. The second-order valence-electron chi connectivity index (χ2n) is 4.29. The Labute approximate surface area is 107 Å². The SMILES string of the molecule is CCCCCCCCNC(=O)C(O)[C@@H](O)C(=O)O. The summed E-state index contributed by atoms with van der Waals surface area (Å²) in [6.07, 6.45) is 2.43. The van der Waals surface area contributed by atoms with Gasteiger partial charge in [-0.25, -0.2) is 4.79 Å². The van der Waals surface area contributed by atoms with Crippen LogP contribution in [0.2, 0.25) is 0 Å². The van der Waals surface area contributed by atoms with Crippen LogP contribution in [0.3, 0.4) is 0 Å². The quantitative estimate of drug-likeness (QED) is 0.422. The highest BCUT2D eigenvalue weighted by atomic mass is 16.4. The number of aliphatic hydroxyl groups excluding tert-OH is 2. The Bertz CT molecular complexity index is 257. The van der Waals surface area contributed by atoms with Gasteiger partial charge in [0, 0.05) is 6.54 Å². The lowest BCUT2D eigenvalue weighted by atomic mass is 10.1. The predicted molar refractivity (Wildman–Crippen MR) is 66.0 cm³/mol. The van der Waals surface area contributed by atoms with E-state index in [4.69, 9.17) is 10.2 Å². The van der Waals surface area contributed by atoms with Gasteiger partial charge in [-0.15, -0.1) is 0 Å². The molecule has 1 unspecified atom stereocenters. The topological polar surface area (TPSA) is 107 Å². The molecule has 6 nitrogen and oxygen atoms in total. The Hall–Kier alpha value is -1.14. The first-order valence-electron chi connectivity index (χ1n) is 6.37. The van der Waals surface area contributed by atoms with E-state index in [9.17, 15) is 14.7 Å². The van der Waals surface area contributed by atoms with Crippen molar-refractivity contribution in [2.24, 2.45) is 0 Å². The lowest BCUT2D eigenvalue weighted by molar-refractivity contribution is -0.158. The summed E-state index contributed by atoms with van der Waals surface area (Å²) in [5.41, 5.74) is 0. The first-order valence-corrected chi connectivity index (χ1v) is 6.37. The van der Waals surface area contributed by atoms with E-state index in [1.165, 1.54) is 19.3 Å². The van der Waals surface area contributed by atoms with Crippen molar-refractivity contribution in [2.75, 3.05) is 6.54 Å². The molecule has 106 valence electrons. The largest absolute Gasteiger partial charge is 0.479 e. The summed E-state index contributed by atoms with van der Waals surface area (Å²) >= 11 is 0. The molecule has 1 amide bonds. The fraction of sp³-hybridized carbons (Fsp3) is 0.833. The number of hydrogen-bond acceptors (Lipinski definition) is 4. The monoisotopic (exact) mass is 261 g/mol. The van der Waals surface area contributed by atoms with Gasteiger partial charge in [-0.2, -0.15) is 0 Å². The molecule has 6 heteroatoms. The minimum absolute atomic E-state index is 0.383. The Morgan fingerprint density at radius 3 is 2.11 bits per heavy atom. The lowest BCUT2D eigenvalue weighted by Crippen LogP contribution is -2.45. The highest BCUT2D eigenvalue weighted by molar-refractivity contribution is 5.87. The van der Waals surface area contributed by atoms with Crippen LogP contribution in [0.1, 0.15) is 45.4 Å². The van der Waals surface area contributed by atoms with Crippen molar-refractivity contribution in [3.63, 3.8) is 0 Å². The van der Waals surface area contributed by atoms with E-state index in [0.717, 1.165) is 19.3 Å². The Morgan fingerprint density at radius 1 is 1.00 bits per heavy atom. The molecule has 0 saturated heterocycles. The summed E-state index contributed by atoms with van der Waals surface area (Å²) in [5, 5.41) is 28.9. The molecule has 0 bridgehead atoms. The summed E-state index contributed by atoms with van der Waals surface area (Å²) in [4.78, 5) is 21.6. The summed E-state index contributed by atoms with van der Waals surface area (Å²) in [7, 11) is 0. The number of rotatable bonds is 10. The van der Waals surface area contributed by atoms with Gasteiger partial charge in [0.05, 0.1) is 0 Å². The molecule has 0 aliphatic heterocycles. The smallest absolute Gasteiger partial charge is 0.335 e. The lowest BCUT2D eigenvalue weighted by Gasteiger charge is -2.13. The third-order valence-corrected chi connectivity index (χ3v) is 2.65. The van der Waals surface area contributed by atoms with Crippen molar-refractivity contribution < 1.29 is 24.9 Å². The van der Waals surface area contributed by atoms with E-state index in [0.29, 0.717) is 6.54 Å². The average molecular weight is 261 g/mol. The molecule has 0 spiro atoms. The maximum Gasteiger partial charge on any atom is 0.335 e. The second kappa shape index (κ2) is 9.85. The number of carbonyl (C=O) groups is 2. The molecule has 0 radical (unpaired) electrons. The zero-order valence-corrected chi connectivity index (χ0v) is 10.8. The van der Waals surface area contributed by atoms with Gasteiger partial charge in [-0.05, 0) is 6.42 Å². The number of hydrogen-bond donors (Lipinski definition) is 4. The van der Waals surface area contributed by atoms with E-state index in [1.54, 1.807) is 0 Å². The highest BCUT2D eigenvalue weighted by Gasteiger charge is 2.29. The van der Waals surface area contributed by atoms with Crippen molar-refractivity contribution in [3.05, 3.63) is 0 Å². The van der Waals surface area contributed by atoms with Gasteiger partial charge in [-0.1, -0.05) is 39.0 Å². The second-order valence-corrected chi connectivity index (χ2v) is 4.29. The zero-order valence-electron chi connectivity index (χ0n) is 10.8. The van der Waals surface area contributed by atoms with Gasteiger partial charge in [0.2, 0.25) is 0 Å². The molecule has 0 fully saturated rings. The van der Waals surface area contributed by atoms with E-state index in [1.807, 2.05) is 0 Å². The number of aliphatic carboxylic acids is 1. The van der Waals surface area contributed by atoms with Crippen LogP contribution in [0.5, 0.6) is 0 Å². The number of amides is 1. The number of carboxylic acids is 1. The van der Waals surface area contributed by atoms with Crippen LogP contribution in [0, 0.1) is 0 Å². The third-order valence-electron chi connectivity index (χ3n) is 2.65. The van der Waals surface area contributed by atoms with E-state index in [-0.39, 0.29) is 0 Å². The van der Waals surface area contributed by atoms with Crippen molar-refractivity contribution in [1.82, 2.24) is 5.32 Å². The molecule has 0 aromatic rings. The maximum atomic E-state index is 11.2. The molecule has 0 aromatic heterocycles. The molecule has 0 rings (SSSR count). The van der Waals surface area contributed by atoms with Gasteiger partial charge in [0.1, 0.15) is 0 Å². The molecular weight excluding hydrogens is 238 g/mol. The van der Waals surface area contributed by atoms with E-state index >= 15 is 0 Å². The third kappa shape index (κ3) is 7.24. The van der Waals surface area contributed by atoms with Crippen molar-refractivity contribution in [3.8, 4) is 0 Å². The van der Waals surface area contributed by atoms with Gasteiger partial charge < -0.3 is 20.6 Å². The fourth-order valence-electron chi connectivity index (χ4n) is 1.50. The molecule has 0 aromatic carbocycles. The summed E-state index contributed by atoms with van der Waals surface area (Å²) in [5.74, 6) is -2.46. The van der Waals surface area contributed by atoms with Crippen molar-refractivity contribution >= 4 is 11.9 Å². The fourth-order valence-corrected chi connectivity index (χ4v) is 1.50. The van der Waals surface area contributed by atoms with Crippen molar-refractivity contribution in [1.29, 1.82) is 0 Å². The minimum Gasteiger partial charge on any atom is -0.479 e. The van der Waals surface area contributed by atoms with Crippen LogP contribution < -0.4 is 5.32 Å². The normalized spacial score (nSPS) is 13.9. The number of carboxylic acid groups (broad SMARTS) is 1. The average Bonchev–Trinajstić information content (AvgIpc) is 2.35. The van der Waals surface area contributed by atoms with Crippen LogP contribution in [-0.2, 0) is 9.59 Å². The maximum absolute atomic E-state index is 11.2. The molecule has 0 aliphatic carbocycles. The van der Waals surface area contributed by atoms with Gasteiger partial charge in [0.25, 0.3) is 5.91 Å². The van der Waals surface area contributed by atoms with Crippen LogP contribution in [0.4, 0.5) is 0 Å². The van der Waals surface area contributed by atoms with Crippen LogP contribution in [0.25, 0.3) is 0 Å². The molecule has 2 atom stereocenters. The highest BCUT2D eigenvalue weighted by Crippen LogP contribution is 2.04. The van der Waals surface area contributed by atoms with Crippen LogP contribution in [0.15, 0.2) is 0 Å². The summed E-state index contributed by atoms with van der Waals surface area (Å²) < 4.78 is 0. The number of nitrogens with one attached hydrogen (secondary N) is 1. The van der Waals surface area contributed by atoms with Crippen LogP contribution >= 0.6 is 0 Å². The van der Waals surface area contributed by atoms with E-state index in [2.05, 4.69) is 12.2 Å².